The molecule has 0 fully saturated rings. The molecule has 0 aliphatic heterocycles. The normalized spacial score (nSPS) is 18.1. The van der Waals surface area contributed by atoms with Crippen LogP contribution < -0.4 is 0 Å². The summed E-state index contributed by atoms with van der Waals surface area (Å²) in [6, 6.07) is 0. The van der Waals surface area contributed by atoms with Gasteiger partial charge in [-0.25, -0.2) is 4.39 Å². The van der Waals surface area contributed by atoms with Gasteiger partial charge in [-0.15, -0.1) is 0 Å². The van der Waals surface area contributed by atoms with Gasteiger partial charge in [0.1, 0.15) is 0 Å². The van der Waals surface area contributed by atoms with E-state index in [0.29, 0.717) is 0 Å². The second-order valence-corrected chi connectivity index (χ2v) is 7.84. The standard InChI is InChI=1S/C11H5F19O3S/c12-3(13,1-2-34(31,32)33)5(15,16)8(21,22)6(17,18)4(14,10(25,26)27)7(19,20)9(23,24)11(28,29)30/h1-2H2,(H,31,32,33). The SMILES string of the molecule is O=S(=O)(O)CCC(F)(F)C(F)(F)C(F)(F)C(F)(F)C(F)(C(F)(F)F)C(F)(F)C(F)(F)C(F)(F)F. The maximum Gasteiger partial charge on any atom is 0.460 e. The molecule has 0 bridgehead atoms. The summed E-state index contributed by atoms with van der Waals surface area (Å²) in [5, 5.41) is 0. The van der Waals surface area contributed by atoms with Crippen LogP contribution in [0.3, 0.4) is 0 Å². The van der Waals surface area contributed by atoms with E-state index >= 15 is 0 Å². The molecule has 0 spiro atoms. The molecule has 0 saturated heterocycles. The van der Waals surface area contributed by atoms with Gasteiger partial charge in [0.25, 0.3) is 10.1 Å². The minimum absolute atomic E-state index is 2.75. The van der Waals surface area contributed by atoms with Gasteiger partial charge in [-0.05, 0) is 0 Å². The van der Waals surface area contributed by atoms with E-state index in [4.69, 9.17) is 4.55 Å². The van der Waals surface area contributed by atoms with Crippen molar-refractivity contribution >= 4 is 10.1 Å². The van der Waals surface area contributed by atoms with Gasteiger partial charge in [0.05, 0.1) is 5.75 Å². The van der Waals surface area contributed by atoms with Crippen molar-refractivity contribution in [3.63, 3.8) is 0 Å². The van der Waals surface area contributed by atoms with Gasteiger partial charge >= 0.3 is 53.6 Å². The average Bonchev–Trinajstić information content (AvgIpc) is 2.55. The number of alkyl halides is 19. The Labute approximate surface area is 173 Å². The van der Waals surface area contributed by atoms with E-state index in [-0.39, 0.29) is 0 Å². The second kappa shape index (κ2) is 8.05. The first kappa shape index (κ1) is 32.6. The molecule has 0 amide bonds. The van der Waals surface area contributed by atoms with Gasteiger partial charge in [0.2, 0.25) is 0 Å². The van der Waals surface area contributed by atoms with Crippen LogP contribution in [0.5, 0.6) is 0 Å². The number of hydrogen-bond acceptors (Lipinski definition) is 2. The van der Waals surface area contributed by atoms with Crippen molar-refractivity contribution in [1.29, 1.82) is 0 Å². The van der Waals surface area contributed by atoms with Crippen LogP contribution in [-0.2, 0) is 10.1 Å². The molecule has 34 heavy (non-hydrogen) atoms. The van der Waals surface area contributed by atoms with Gasteiger partial charge in [0, 0.05) is 6.42 Å². The highest BCUT2D eigenvalue weighted by Crippen LogP contribution is 2.67. The van der Waals surface area contributed by atoms with Crippen molar-refractivity contribution in [2.75, 3.05) is 5.75 Å². The van der Waals surface area contributed by atoms with Gasteiger partial charge in [-0.3, -0.25) is 4.55 Å². The first-order chi connectivity index (χ1) is 14.2. The molecule has 0 radical (unpaired) electrons. The smallest absolute Gasteiger partial charge is 0.286 e. The minimum Gasteiger partial charge on any atom is -0.286 e. The van der Waals surface area contributed by atoms with Gasteiger partial charge < -0.3 is 0 Å². The zero-order valence-corrected chi connectivity index (χ0v) is 15.6. The fraction of sp³-hybridized carbons (Fsp3) is 1.00. The molecule has 0 heterocycles. The van der Waals surface area contributed by atoms with Crippen LogP contribution in [0.2, 0.25) is 0 Å². The average molecular weight is 578 g/mol. The van der Waals surface area contributed by atoms with E-state index in [0.717, 1.165) is 0 Å². The Morgan fingerprint density at radius 3 is 1.06 bits per heavy atom. The van der Waals surface area contributed by atoms with Crippen LogP contribution in [0.15, 0.2) is 0 Å². The van der Waals surface area contributed by atoms with Crippen LogP contribution in [-0.4, -0.2) is 72.3 Å². The number of rotatable bonds is 9. The Hall–Kier alpha value is -1.42. The van der Waals surface area contributed by atoms with Crippen LogP contribution >= 0.6 is 0 Å². The molecule has 23 heteroatoms. The summed E-state index contributed by atoms with van der Waals surface area (Å²) in [4.78, 5) is 0. The molecular weight excluding hydrogens is 573 g/mol. The summed E-state index contributed by atoms with van der Waals surface area (Å²) in [7, 11) is -5.85. The molecule has 0 aromatic rings. The quantitative estimate of drug-likeness (QED) is 0.274. The largest absolute Gasteiger partial charge is 0.460 e. The van der Waals surface area contributed by atoms with Crippen molar-refractivity contribution in [3.05, 3.63) is 0 Å². The Kier molecular flexibility index (Phi) is 7.71. The molecule has 1 N–H and O–H groups in total. The Balaban J connectivity index is 7.23. The van der Waals surface area contributed by atoms with Crippen LogP contribution in [0.4, 0.5) is 83.4 Å². The molecule has 1 unspecified atom stereocenters. The van der Waals surface area contributed by atoms with Crippen LogP contribution in [0, 0.1) is 0 Å². The maximum absolute atomic E-state index is 13.9. The first-order valence-corrected chi connectivity index (χ1v) is 8.86. The number of halogens is 19. The summed E-state index contributed by atoms with van der Waals surface area (Å²) in [5.41, 5.74) is -9.31. The third-order valence-electron chi connectivity index (χ3n) is 3.93. The summed E-state index contributed by atoms with van der Waals surface area (Å²) >= 11 is 0. The Morgan fingerprint density at radius 2 is 0.794 bits per heavy atom. The topological polar surface area (TPSA) is 54.4 Å². The molecule has 0 aromatic carbocycles. The lowest BCUT2D eigenvalue weighted by Gasteiger charge is -2.46. The number of hydrogen-bond donors (Lipinski definition) is 1. The second-order valence-electron chi connectivity index (χ2n) is 6.27. The molecular formula is C11H5F19O3S. The highest BCUT2D eigenvalue weighted by atomic mass is 32.2. The molecule has 1 atom stereocenters. The summed E-state index contributed by atoms with van der Waals surface area (Å²) in [6.45, 7) is 0. The van der Waals surface area contributed by atoms with Crippen molar-refractivity contribution in [2.24, 2.45) is 0 Å². The predicted octanol–water partition coefficient (Wildman–Crippen LogP) is 5.91. The van der Waals surface area contributed by atoms with Crippen molar-refractivity contribution < 1.29 is 96.4 Å². The van der Waals surface area contributed by atoms with Gasteiger partial charge in [-0.1, -0.05) is 0 Å². The van der Waals surface area contributed by atoms with Crippen molar-refractivity contribution in [3.8, 4) is 0 Å². The summed E-state index contributed by atoms with van der Waals surface area (Å²) in [5.74, 6) is -53.9. The molecule has 0 aromatic heterocycles. The third-order valence-corrected chi connectivity index (χ3v) is 4.65. The first-order valence-electron chi connectivity index (χ1n) is 7.25. The minimum atomic E-state index is -9.31. The Morgan fingerprint density at radius 1 is 0.471 bits per heavy atom. The van der Waals surface area contributed by atoms with E-state index in [2.05, 4.69) is 0 Å². The lowest BCUT2D eigenvalue weighted by atomic mass is 9.79. The van der Waals surface area contributed by atoms with E-state index in [1.54, 1.807) is 0 Å². The molecule has 0 saturated carbocycles. The van der Waals surface area contributed by atoms with Crippen LogP contribution in [0.1, 0.15) is 6.42 Å². The third kappa shape index (κ3) is 4.45. The highest BCUT2D eigenvalue weighted by molar-refractivity contribution is 7.85. The molecule has 206 valence electrons. The predicted molar refractivity (Wildman–Crippen MR) is 66.7 cm³/mol. The molecule has 0 aliphatic rings. The van der Waals surface area contributed by atoms with E-state index < -0.39 is 75.8 Å². The summed E-state index contributed by atoms with van der Waals surface area (Å²) in [6.07, 6.45) is -20.2. The molecule has 0 rings (SSSR count). The van der Waals surface area contributed by atoms with E-state index in [9.17, 15) is 91.8 Å². The van der Waals surface area contributed by atoms with E-state index in [1.807, 2.05) is 0 Å². The summed E-state index contributed by atoms with van der Waals surface area (Å²) < 4.78 is 276. The van der Waals surface area contributed by atoms with Crippen molar-refractivity contribution in [1.82, 2.24) is 0 Å². The van der Waals surface area contributed by atoms with Crippen molar-refractivity contribution in [2.45, 2.75) is 60.0 Å². The monoisotopic (exact) mass is 578 g/mol. The Bertz CT molecular complexity index is 854. The zero-order chi connectivity index (χ0) is 28.4. The molecule has 3 nitrogen and oxygen atoms in total. The lowest BCUT2D eigenvalue weighted by molar-refractivity contribution is -0.475. The maximum atomic E-state index is 13.9. The van der Waals surface area contributed by atoms with Crippen LogP contribution in [0.25, 0.3) is 0 Å². The lowest BCUT2D eigenvalue weighted by Crippen LogP contribution is -2.79. The zero-order valence-electron chi connectivity index (χ0n) is 14.8. The van der Waals surface area contributed by atoms with E-state index in [1.165, 1.54) is 0 Å². The fourth-order valence-electron chi connectivity index (χ4n) is 2.00. The molecule has 0 aliphatic carbocycles. The highest BCUT2D eigenvalue weighted by Gasteiger charge is 2.99. The van der Waals surface area contributed by atoms with Gasteiger partial charge in [-0.2, -0.15) is 87.4 Å². The fourth-order valence-corrected chi connectivity index (χ4v) is 2.52. The van der Waals surface area contributed by atoms with Gasteiger partial charge in [0.15, 0.2) is 0 Å².